The maximum atomic E-state index is 13.1. The van der Waals surface area contributed by atoms with Gasteiger partial charge in [-0.2, -0.15) is 0 Å². The number of halogens is 1. The van der Waals surface area contributed by atoms with Crippen LogP contribution in [-0.2, 0) is 17.8 Å². The van der Waals surface area contributed by atoms with Gasteiger partial charge in [0.2, 0.25) is 5.91 Å². The third-order valence-electron chi connectivity index (χ3n) is 5.19. The van der Waals surface area contributed by atoms with Gasteiger partial charge in [0.15, 0.2) is 0 Å². The van der Waals surface area contributed by atoms with E-state index in [1.807, 2.05) is 24.3 Å². The van der Waals surface area contributed by atoms with Crippen LogP contribution in [0.5, 0.6) is 0 Å². The van der Waals surface area contributed by atoms with Gasteiger partial charge in [-0.3, -0.25) is 4.79 Å². The maximum absolute atomic E-state index is 13.1. The van der Waals surface area contributed by atoms with E-state index in [-0.39, 0.29) is 5.91 Å². The average Bonchev–Trinajstić information content (AvgIpc) is 2.64. The lowest BCUT2D eigenvalue weighted by Gasteiger charge is -2.37. The molecule has 4 heteroatoms. The van der Waals surface area contributed by atoms with Crippen LogP contribution in [0.15, 0.2) is 48.5 Å². The fourth-order valence-corrected chi connectivity index (χ4v) is 3.62. The van der Waals surface area contributed by atoms with Gasteiger partial charge < -0.3 is 9.80 Å². The summed E-state index contributed by atoms with van der Waals surface area (Å²) in [7, 11) is 2.15. The number of aryl methyl sites for hydroxylation is 1. The van der Waals surface area contributed by atoms with E-state index in [1.54, 1.807) is 0 Å². The summed E-state index contributed by atoms with van der Waals surface area (Å²) in [5, 5.41) is 0.727. The van der Waals surface area contributed by atoms with Crippen LogP contribution >= 0.6 is 11.6 Å². The zero-order valence-corrected chi connectivity index (χ0v) is 16.4. The lowest BCUT2D eigenvalue weighted by atomic mass is 10.0. The minimum absolute atomic E-state index is 0.207. The van der Waals surface area contributed by atoms with Gasteiger partial charge in [0.25, 0.3) is 0 Å². The molecule has 1 saturated heterocycles. The van der Waals surface area contributed by atoms with Crippen LogP contribution in [0.1, 0.15) is 29.5 Å². The summed E-state index contributed by atoms with van der Waals surface area (Å²) in [5.74, 6) is 0.207. The molecule has 0 spiro atoms. The van der Waals surface area contributed by atoms with Crippen LogP contribution in [0.3, 0.4) is 0 Å². The van der Waals surface area contributed by atoms with Crippen LogP contribution in [0.4, 0.5) is 0 Å². The Kier molecular flexibility index (Phi) is 6.33. The van der Waals surface area contributed by atoms with Crippen molar-refractivity contribution in [1.29, 1.82) is 0 Å². The van der Waals surface area contributed by atoms with E-state index in [0.717, 1.165) is 42.1 Å². The van der Waals surface area contributed by atoms with Gasteiger partial charge in [0.1, 0.15) is 0 Å². The zero-order chi connectivity index (χ0) is 18.5. The largest absolute Gasteiger partial charge is 0.335 e. The van der Waals surface area contributed by atoms with Gasteiger partial charge in [-0.25, -0.2) is 0 Å². The van der Waals surface area contributed by atoms with Crippen LogP contribution < -0.4 is 0 Å². The fraction of sp³-hybridized carbons (Fsp3) is 0.409. The Labute approximate surface area is 161 Å². The summed E-state index contributed by atoms with van der Waals surface area (Å²) in [6.45, 7) is 4.80. The van der Waals surface area contributed by atoms with E-state index in [9.17, 15) is 4.79 Å². The second-order valence-electron chi connectivity index (χ2n) is 7.34. The summed E-state index contributed by atoms with van der Waals surface area (Å²) < 4.78 is 0. The van der Waals surface area contributed by atoms with Crippen molar-refractivity contribution in [3.05, 3.63) is 70.2 Å². The number of amides is 1. The van der Waals surface area contributed by atoms with E-state index in [0.29, 0.717) is 19.0 Å². The third kappa shape index (κ3) is 5.09. The van der Waals surface area contributed by atoms with Crippen molar-refractivity contribution in [1.82, 2.24) is 9.80 Å². The molecule has 0 saturated carbocycles. The highest BCUT2D eigenvalue weighted by molar-refractivity contribution is 6.30. The Bertz CT molecular complexity index is 719. The van der Waals surface area contributed by atoms with Crippen LogP contribution in [0.2, 0.25) is 5.02 Å². The Morgan fingerprint density at radius 3 is 2.23 bits per heavy atom. The number of nitrogens with zero attached hydrogens (tertiary/aromatic N) is 2. The van der Waals surface area contributed by atoms with E-state index < -0.39 is 0 Å². The first-order valence-corrected chi connectivity index (χ1v) is 9.67. The first-order valence-electron chi connectivity index (χ1n) is 9.29. The maximum Gasteiger partial charge on any atom is 0.227 e. The quantitative estimate of drug-likeness (QED) is 0.782. The smallest absolute Gasteiger partial charge is 0.227 e. The molecule has 1 amide bonds. The van der Waals surface area contributed by atoms with Gasteiger partial charge in [-0.15, -0.1) is 0 Å². The highest BCUT2D eigenvalue weighted by Crippen LogP contribution is 2.21. The van der Waals surface area contributed by atoms with Crippen molar-refractivity contribution >= 4 is 17.5 Å². The van der Waals surface area contributed by atoms with Gasteiger partial charge in [0, 0.05) is 17.6 Å². The second-order valence-corrected chi connectivity index (χ2v) is 7.78. The first-order chi connectivity index (χ1) is 12.5. The Balaban J connectivity index is 1.75. The van der Waals surface area contributed by atoms with Crippen molar-refractivity contribution in [2.45, 2.75) is 38.8 Å². The third-order valence-corrected chi connectivity index (χ3v) is 5.44. The molecule has 0 aliphatic carbocycles. The molecule has 0 unspecified atom stereocenters. The molecule has 1 heterocycles. The molecule has 1 fully saturated rings. The SMILES string of the molecule is Cc1ccc(CC(=O)N(Cc2ccc(Cl)cc2)C2CCN(C)CC2)cc1. The zero-order valence-electron chi connectivity index (χ0n) is 15.6. The fourth-order valence-electron chi connectivity index (χ4n) is 3.50. The van der Waals surface area contributed by atoms with E-state index in [2.05, 4.69) is 48.0 Å². The molecule has 0 aromatic heterocycles. The second kappa shape index (κ2) is 8.70. The van der Waals surface area contributed by atoms with Gasteiger partial charge in [-0.05, 0) is 63.2 Å². The molecule has 138 valence electrons. The predicted molar refractivity (Wildman–Crippen MR) is 107 cm³/mol. The van der Waals surface area contributed by atoms with Crippen molar-refractivity contribution in [2.75, 3.05) is 20.1 Å². The number of benzene rings is 2. The van der Waals surface area contributed by atoms with E-state index in [4.69, 9.17) is 11.6 Å². The molecular formula is C22H27ClN2O. The topological polar surface area (TPSA) is 23.6 Å². The highest BCUT2D eigenvalue weighted by atomic mass is 35.5. The number of hydrogen-bond donors (Lipinski definition) is 0. The minimum Gasteiger partial charge on any atom is -0.335 e. The molecule has 3 nitrogen and oxygen atoms in total. The number of carbonyl (C=O) groups is 1. The van der Waals surface area contributed by atoms with Crippen LogP contribution in [0, 0.1) is 6.92 Å². The van der Waals surface area contributed by atoms with E-state index >= 15 is 0 Å². The molecule has 1 aliphatic rings. The monoisotopic (exact) mass is 370 g/mol. The van der Waals surface area contributed by atoms with Crippen LogP contribution in [-0.4, -0.2) is 41.9 Å². The van der Waals surface area contributed by atoms with Gasteiger partial charge >= 0.3 is 0 Å². The van der Waals surface area contributed by atoms with Gasteiger partial charge in [0.05, 0.1) is 6.42 Å². The number of likely N-dealkylation sites (tertiary alicyclic amines) is 1. The molecule has 0 radical (unpaired) electrons. The van der Waals surface area contributed by atoms with Crippen LogP contribution in [0.25, 0.3) is 0 Å². The predicted octanol–water partition coefficient (Wildman–Crippen LogP) is 4.31. The Morgan fingerprint density at radius 2 is 1.62 bits per heavy atom. The molecule has 0 bridgehead atoms. The molecular weight excluding hydrogens is 344 g/mol. The molecule has 3 rings (SSSR count). The Hall–Kier alpha value is -1.84. The lowest BCUT2D eigenvalue weighted by molar-refractivity contribution is -0.134. The minimum atomic E-state index is 0.207. The normalized spacial score (nSPS) is 15.8. The highest BCUT2D eigenvalue weighted by Gasteiger charge is 2.27. The molecule has 0 atom stereocenters. The van der Waals surface area contributed by atoms with Crippen molar-refractivity contribution in [2.24, 2.45) is 0 Å². The average molecular weight is 371 g/mol. The summed E-state index contributed by atoms with van der Waals surface area (Å²) >= 11 is 6.01. The number of rotatable bonds is 5. The van der Waals surface area contributed by atoms with E-state index in [1.165, 1.54) is 5.56 Å². The summed E-state index contributed by atoms with van der Waals surface area (Å²) in [6, 6.07) is 16.4. The summed E-state index contributed by atoms with van der Waals surface area (Å²) in [6.07, 6.45) is 2.52. The standard InChI is InChI=1S/C22H27ClN2O/c1-17-3-5-18(6-4-17)15-22(26)25(21-11-13-24(2)14-12-21)16-19-7-9-20(23)10-8-19/h3-10,21H,11-16H2,1-2H3. The van der Waals surface area contributed by atoms with Crippen molar-refractivity contribution < 1.29 is 4.79 Å². The molecule has 1 aliphatic heterocycles. The molecule has 2 aromatic rings. The molecule has 0 N–H and O–H groups in total. The number of piperidine rings is 1. The molecule has 26 heavy (non-hydrogen) atoms. The van der Waals surface area contributed by atoms with Crippen molar-refractivity contribution in [3.8, 4) is 0 Å². The number of carbonyl (C=O) groups excluding carboxylic acids is 1. The Morgan fingerprint density at radius 1 is 1.04 bits per heavy atom. The van der Waals surface area contributed by atoms with Crippen molar-refractivity contribution in [3.63, 3.8) is 0 Å². The lowest BCUT2D eigenvalue weighted by Crippen LogP contribution is -2.46. The molecule has 2 aromatic carbocycles. The number of hydrogen-bond acceptors (Lipinski definition) is 2. The van der Waals surface area contributed by atoms with Gasteiger partial charge in [-0.1, -0.05) is 53.6 Å². The first kappa shape index (κ1) is 18.9. The summed E-state index contributed by atoms with van der Waals surface area (Å²) in [4.78, 5) is 17.6. The summed E-state index contributed by atoms with van der Waals surface area (Å²) in [5.41, 5.74) is 3.43.